The van der Waals surface area contributed by atoms with Gasteiger partial charge in [0.25, 0.3) is 0 Å². The second kappa shape index (κ2) is 4.23. The second-order valence-corrected chi connectivity index (χ2v) is 3.34. The fourth-order valence-electron chi connectivity index (χ4n) is 1.26. The van der Waals surface area contributed by atoms with Crippen LogP contribution in [0.15, 0.2) is 36.9 Å². The third-order valence-electron chi connectivity index (χ3n) is 1.90. The van der Waals surface area contributed by atoms with Crippen LogP contribution in [0.1, 0.15) is 0 Å². The van der Waals surface area contributed by atoms with Crippen LogP contribution in [0.2, 0.25) is 0 Å². The van der Waals surface area contributed by atoms with Gasteiger partial charge in [-0.15, -0.1) is 5.10 Å². The van der Waals surface area contributed by atoms with E-state index in [1.54, 1.807) is 18.2 Å². The predicted molar refractivity (Wildman–Crippen MR) is 61.1 cm³/mol. The van der Waals surface area contributed by atoms with Crippen molar-refractivity contribution < 1.29 is 4.39 Å². The smallest absolute Gasteiger partial charge is 0.191 e. The van der Waals surface area contributed by atoms with Crippen LogP contribution in [-0.4, -0.2) is 20.0 Å². The topological polar surface area (TPSA) is 60.0 Å². The molecule has 82 valence electrons. The number of nitrogens with zero attached hydrogens (tertiary/aromatic N) is 4. The summed E-state index contributed by atoms with van der Waals surface area (Å²) in [6.07, 6.45) is 2.69. The number of rotatable bonds is 2. The van der Waals surface area contributed by atoms with E-state index in [1.807, 2.05) is 0 Å². The van der Waals surface area contributed by atoms with Crippen molar-refractivity contribution in [3.8, 4) is 0 Å². The van der Waals surface area contributed by atoms with E-state index in [0.29, 0.717) is 0 Å². The molecule has 0 spiro atoms. The van der Waals surface area contributed by atoms with Gasteiger partial charge < -0.3 is 5.73 Å². The number of aromatic nitrogens is 3. The van der Waals surface area contributed by atoms with Crippen molar-refractivity contribution in [1.82, 2.24) is 14.9 Å². The second-order valence-electron chi connectivity index (χ2n) is 2.92. The molecule has 0 saturated carbocycles. The van der Waals surface area contributed by atoms with Crippen LogP contribution in [0.4, 0.5) is 10.1 Å². The first-order valence-corrected chi connectivity index (χ1v) is 4.80. The van der Waals surface area contributed by atoms with Crippen LogP contribution in [0.3, 0.4) is 0 Å². The standard InChI is InChI=1S/C9H8FN5S/c10-7-3-1-2-4-8(7)15(9(11)16)14-6-12-5-13-14/h1-6H,(H2,11,16). The number of halogens is 1. The van der Waals surface area contributed by atoms with Crippen molar-refractivity contribution >= 4 is 23.0 Å². The number of hydrogen-bond donors (Lipinski definition) is 1. The van der Waals surface area contributed by atoms with Gasteiger partial charge in [-0.05, 0) is 24.4 Å². The molecule has 1 heterocycles. The Hall–Kier alpha value is -2.02. The van der Waals surface area contributed by atoms with Gasteiger partial charge >= 0.3 is 0 Å². The molecule has 0 aliphatic carbocycles. The molecule has 0 bridgehead atoms. The van der Waals surface area contributed by atoms with E-state index in [2.05, 4.69) is 10.1 Å². The number of hydrogen-bond acceptors (Lipinski definition) is 3. The zero-order valence-corrected chi connectivity index (χ0v) is 8.93. The highest BCUT2D eigenvalue weighted by Crippen LogP contribution is 2.18. The minimum atomic E-state index is -0.439. The molecule has 7 heteroatoms. The number of thiocarbonyl (C=S) groups is 1. The third-order valence-corrected chi connectivity index (χ3v) is 2.07. The van der Waals surface area contributed by atoms with Crippen molar-refractivity contribution in [2.75, 3.05) is 5.01 Å². The van der Waals surface area contributed by atoms with Crippen molar-refractivity contribution in [3.05, 3.63) is 42.7 Å². The van der Waals surface area contributed by atoms with Crippen molar-refractivity contribution in [2.24, 2.45) is 5.73 Å². The summed E-state index contributed by atoms with van der Waals surface area (Å²) >= 11 is 4.86. The molecule has 2 rings (SSSR count). The van der Waals surface area contributed by atoms with Gasteiger partial charge in [0, 0.05) is 0 Å². The highest BCUT2D eigenvalue weighted by molar-refractivity contribution is 7.80. The fourth-order valence-corrected chi connectivity index (χ4v) is 1.44. The van der Waals surface area contributed by atoms with E-state index < -0.39 is 5.82 Å². The maximum atomic E-state index is 13.6. The first kappa shape index (κ1) is 10.5. The Morgan fingerprint density at radius 1 is 1.44 bits per heavy atom. The zero-order chi connectivity index (χ0) is 11.5. The first-order chi connectivity index (χ1) is 7.70. The molecule has 1 aromatic heterocycles. The van der Waals surface area contributed by atoms with Crippen LogP contribution in [0.25, 0.3) is 0 Å². The molecule has 5 nitrogen and oxygen atoms in total. The molecule has 2 N–H and O–H groups in total. The summed E-state index contributed by atoms with van der Waals surface area (Å²) in [6, 6.07) is 6.13. The molecule has 16 heavy (non-hydrogen) atoms. The molecule has 0 atom stereocenters. The Morgan fingerprint density at radius 3 is 2.75 bits per heavy atom. The van der Waals surface area contributed by atoms with Crippen molar-refractivity contribution in [1.29, 1.82) is 0 Å². The fraction of sp³-hybridized carbons (Fsp3) is 0. The van der Waals surface area contributed by atoms with Crippen LogP contribution in [0.5, 0.6) is 0 Å². The molecule has 0 amide bonds. The van der Waals surface area contributed by atoms with Crippen LogP contribution in [0, 0.1) is 5.82 Å². The minimum absolute atomic E-state index is 0.0180. The van der Waals surface area contributed by atoms with E-state index in [-0.39, 0.29) is 10.8 Å². The highest BCUT2D eigenvalue weighted by Gasteiger charge is 2.15. The molecule has 0 saturated heterocycles. The van der Waals surface area contributed by atoms with E-state index in [4.69, 9.17) is 18.0 Å². The molecule has 2 aromatic rings. The number of nitrogens with two attached hydrogens (primary N) is 1. The van der Waals surface area contributed by atoms with Gasteiger partial charge in [-0.1, -0.05) is 12.1 Å². The Kier molecular flexibility index (Phi) is 2.78. The van der Waals surface area contributed by atoms with Gasteiger partial charge in [0.05, 0.1) is 0 Å². The Balaban J connectivity index is 2.50. The Bertz CT molecular complexity index is 498. The molecule has 0 radical (unpaired) electrons. The number of anilines is 1. The largest absolute Gasteiger partial charge is 0.374 e. The van der Waals surface area contributed by atoms with Gasteiger partial charge in [0.15, 0.2) is 5.11 Å². The lowest BCUT2D eigenvalue weighted by atomic mass is 10.3. The lowest BCUT2D eigenvalue weighted by Gasteiger charge is -2.21. The molecule has 0 unspecified atom stereocenters. The zero-order valence-electron chi connectivity index (χ0n) is 8.12. The normalized spacial score (nSPS) is 10.1. The summed E-state index contributed by atoms with van der Waals surface area (Å²) in [5, 5.41) is 5.08. The summed E-state index contributed by atoms with van der Waals surface area (Å²) in [4.78, 5) is 5.02. The summed E-state index contributed by atoms with van der Waals surface area (Å²) in [6.45, 7) is 0. The predicted octanol–water partition coefficient (Wildman–Crippen LogP) is 0.930. The molecule has 0 fully saturated rings. The molecular formula is C9H8FN5S. The van der Waals surface area contributed by atoms with Crippen LogP contribution >= 0.6 is 12.2 Å². The average Bonchev–Trinajstić information content (AvgIpc) is 2.74. The van der Waals surface area contributed by atoms with E-state index in [9.17, 15) is 4.39 Å². The summed E-state index contributed by atoms with van der Waals surface area (Å²) in [5.74, 6) is -0.439. The van der Waals surface area contributed by atoms with Crippen LogP contribution < -0.4 is 10.7 Å². The number of benzene rings is 1. The lowest BCUT2D eigenvalue weighted by molar-refractivity contribution is 0.611. The van der Waals surface area contributed by atoms with Gasteiger partial charge in [0.1, 0.15) is 24.2 Å². The molecule has 0 aliphatic rings. The highest BCUT2D eigenvalue weighted by atomic mass is 32.1. The van der Waals surface area contributed by atoms with Gasteiger partial charge in [-0.25, -0.2) is 14.4 Å². The number of para-hydroxylation sites is 1. The van der Waals surface area contributed by atoms with Gasteiger partial charge in [-0.3, -0.25) is 0 Å². The van der Waals surface area contributed by atoms with E-state index in [0.717, 1.165) is 0 Å². The summed E-state index contributed by atoms with van der Waals surface area (Å²) in [7, 11) is 0. The minimum Gasteiger partial charge on any atom is -0.374 e. The SMILES string of the molecule is NC(=S)N(c1ccccc1F)n1cncn1. The van der Waals surface area contributed by atoms with E-state index >= 15 is 0 Å². The lowest BCUT2D eigenvalue weighted by Crippen LogP contribution is -2.40. The Labute approximate surface area is 96.3 Å². The monoisotopic (exact) mass is 237 g/mol. The maximum absolute atomic E-state index is 13.6. The quantitative estimate of drug-likeness (QED) is 0.787. The molecular weight excluding hydrogens is 229 g/mol. The Morgan fingerprint density at radius 2 is 2.19 bits per heavy atom. The molecule has 0 aliphatic heterocycles. The summed E-state index contributed by atoms with van der Waals surface area (Å²) < 4.78 is 13.6. The average molecular weight is 237 g/mol. The van der Waals surface area contributed by atoms with Gasteiger partial charge in [-0.2, -0.15) is 4.79 Å². The van der Waals surface area contributed by atoms with Crippen LogP contribution in [-0.2, 0) is 0 Å². The molecule has 1 aromatic carbocycles. The summed E-state index contributed by atoms with van der Waals surface area (Å²) in [5.41, 5.74) is 5.75. The van der Waals surface area contributed by atoms with Crippen molar-refractivity contribution in [2.45, 2.75) is 0 Å². The van der Waals surface area contributed by atoms with Gasteiger partial charge in [0.2, 0.25) is 0 Å². The third kappa shape index (κ3) is 1.84. The first-order valence-electron chi connectivity index (χ1n) is 4.39. The maximum Gasteiger partial charge on any atom is 0.191 e. The van der Waals surface area contributed by atoms with Crippen molar-refractivity contribution in [3.63, 3.8) is 0 Å². The van der Waals surface area contributed by atoms with E-state index in [1.165, 1.54) is 28.5 Å².